The average Bonchev–Trinajstić information content (AvgIpc) is 3.27. The highest BCUT2D eigenvalue weighted by atomic mass is 15.4. The van der Waals surface area contributed by atoms with Crippen LogP contribution in [0.4, 0.5) is 5.95 Å². The number of pyridine rings is 1. The number of nitrogens with zero attached hydrogens (tertiary/aromatic N) is 7. The fourth-order valence-corrected chi connectivity index (χ4v) is 3.06. The van der Waals surface area contributed by atoms with E-state index in [0.29, 0.717) is 35.1 Å². The molecule has 3 aromatic heterocycles. The summed E-state index contributed by atoms with van der Waals surface area (Å²) in [6.45, 7) is 2.61. The molecule has 0 amide bonds. The van der Waals surface area contributed by atoms with Crippen LogP contribution < -0.4 is 5.32 Å². The van der Waals surface area contributed by atoms with E-state index < -0.39 is 0 Å². The van der Waals surface area contributed by atoms with Crippen LogP contribution in [-0.4, -0.2) is 37.0 Å². The van der Waals surface area contributed by atoms with E-state index >= 15 is 0 Å². The van der Waals surface area contributed by atoms with E-state index in [9.17, 15) is 5.26 Å². The van der Waals surface area contributed by atoms with E-state index in [1.165, 1.54) is 0 Å². The molecule has 8 nitrogen and oxygen atoms in total. The number of anilines is 1. The molecule has 0 radical (unpaired) electrons. The van der Waals surface area contributed by atoms with Crippen LogP contribution in [0.1, 0.15) is 23.9 Å². The Morgan fingerprint density at radius 2 is 1.77 bits per heavy atom. The molecule has 30 heavy (non-hydrogen) atoms. The summed E-state index contributed by atoms with van der Waals surface area (Å²) in [6, 6.07) is 17.3. The van der Waals surface area contributed by atoms with Gasteiger partial charge in [-0.1, -0.05) is 30.3 Å². The quantitative estimate of drug-likeness (QED) is 0.533. The Bertz CT molecular complexity index is 1220. The van der Waals surface area contributed by atoms with E-state index in [2.05, 4.69) is 43.6 Å². The van der Waals surface area contributed by atoms with Gasteiger partial charge < -0.3 is 5.32 Å². The van der Waals surface area contributed by atoms with Gasteiger partial charge in [-0.3, -0.25) is 4.98 Å². The zero-order valence-corrected chi connectivity index (χ0v) is 16.7. The molecule has 0 aliphatic heterocycles. The van der Waals surface area contributed by atoms with Crippen LogP contribution >= 0.6 is 0 Å². The summed E-state index contributed by atoms with van der Waals surface area (Å²) < 4.78 is 1.74. The topological polar surface area (TPSA) is 105 Å². The fourth-order valence-electron chi connectivity index (χ4n) is 3.06. The second-order valence-electron chi connectivity index (χ2n) is 6.68. The van der Waals surface area contributed by atoms with Crippen molar-refractivity contribution in [2.24, 2.45) is 0 Å². The normalized spacial score (nSPS) is 10.6. The molecule has 0 spiro atoms. The van der Waals surface area contributed by atoms with Gasteiger partial charge in [-0.05, 0) is 36.8 Å². The van der Waals surface area contributed by atoms with E-state index in [4.69, 9.17) is 0 Å². The Morgan fingerprint density at radius 1 is 0.967 bits per heavy atom. The monoisotopic (exact) mass is 396 g/mol. The van der Waals surface area contributed by atoms with E-state index in [1.807, 2.05) is 42.6 Å². The lowest BCUT2D eigenvalue weighted by molar-refractivity contribution is 0.636. The number of nitrogens with one attached hydrogen (secondary N) is 1. The molecule has 0 aliphatic rings. The number of hydrogen-bond donors (Lipinski definition) is 1. The number of aryl methyl sites for hydroxylation is 1. The molecule has 4 aromatic rings. The third-order valence-corrected chi connectivity index (χ3v) is 4.59. The van der Waals surface area contributed by atoms with Gasteiger partial charge in [-0.2, -0.15) is 5.26 Å². The molecule has 8 heteroatoms. The summed E-state index contributed by atoms with van der Waals surface area (Å²) in [4.78, 5) is 13.7. The van der Waals surface area contributed by atoms with Gasteiger partial charge in [0.1, 0.15) is 5.69 Å². The summed E-state index contributed by atoms with van der Waals surface area (Å²) in [7, 11) is 1.76. The van der Waals surface area contributed by atoms with Crippen LogP contribution in [0.15, 0.2) is 54.7 Å². The molecule has 1 N–H and O–H groups in total. The largest absolute Gasteiger partial charge is 0.357 e. The predicted octanol–water partition coefficient (Wildman–Crippen LogP) is 3.32. The van der Waals surface area contributed by atoms with E-state index in [-0.39, 0.29) is 0 Å². The van der Waals surface area contributed by atoms with Gasteiger partial charge in [0.05, 0.1) is 41.5 Å². The summed E-state index contributed by atoms with van der Waals surface area (Å²) in [5.74, 6) is 0.469. The minimum atomic E-state index is 0.469. The smallest absolute Gasteiger partial charge is 0.223 e. The maximum Gasteiger partial charge on any atom is 0.223 e. The van der Waals surface area contributed by atoms with Crippen LogP contribution in [-0.2, 0) is 13.0 Å². The van der Waals surface area contributed by atoms with Crippen molar-refractivity contribution in [3.63, 3.8) is 0 Å². The molecule has 1 aromatic carbocycles. The van der Waals surface area contributed by atoms with Crippen LogP contribution in [0.2, 0.25) is 0 Å². The summed E-state index contributed by atoms with van der Waals surface area (Å²) in [5.41, 5.74) is 5.37. The Morgan fingerprint density at radius 3 is 2.57 bits per heavy atom. The van der Waals surface area contributed by atoms with Gasteiger partial charge in [0.15, 0.2) is 0 Å². The van der Waals surface area contributed by atoms with Crippen LogP contribution in [0.3, 0.4) is 0 Å². The summed E-state index contributed by atoms with van der Waals surface area (Å²) >= 11 is 0. The lowest BCUT2D eigenvalue weighted by Crippen LogP contribution is -2.03. The predicted molar refractivity (Wildman–Crippen MR) is 113 cm³/mol. The van der Waals surface area contributed by atoms with Crippen LogP contribution in [0.25, 0.3) is 22.6 Å². The maximum atomic E-state index is 9.18. The molecule has 3 heterocycles. The van der Waals surface area contributed by atoms with Crippen molar-refractivity contribution in [3.8, 4) is 28.7 Å². The average molecular weight is 396 g/mol. The molecular weight excluding hydrogens is 376 g/mol. The minimum Gasteiger partial charge on any atom is -0.357 e. The highest BCUT2D eigenvalue weighted by molar-refractivity contribution is 5.68. The Balaban J connectivity index is 1.66. The molecular formula is C22H20N8. The van der Waals surface area contributed by atoms with E-state index in [1.54, 1.807) is 23.9 Å². The second kappa shape index (κ2) is 8.49. The molecule has 148 valence electrons. The number of benzene rings is 1. The highest BCUT2D eigenvalue weighted by Crippen LogP contribution is 2.24. The van der Waals surface area contributed by atoms with E-state index in [0.717, 1.165) is 23.4 Å². The third-order valence-electron chi connectivity index (χ3n) is 4.59. The highest BCUT2D eigenvalue weighted by Gasteiger charge is 2.12. The summed E-state index contributed by atoms with van der Waals surface area (Å²) in [5, 5.41) is 20.7. The van der Waals surface area contributed by atoms with Gasteiger partial charge in [-0.15, -0.1) is 5.10 Å². The van der Waals surface area contributed by atoms with Crippen LogP contribution in [0, 0.1) is 11.3 Å². The van der Waals surface area contributed by atoms with Gasteiger partial charge in [-0.25, -0.2) is 14.6 Å². The van der Waals surface area contributed by atoms with Crippen molar-refractivity contribution in [3.05, 3.63) is 71.7 Å². The summed E-state index contributed by atoms with van der Waals surface area (Å²) in [6.07, 6.45) is 2.73. The lowest BCUT2D eigenvalue weighted by atomic mass is 10.1. The third kappa shape index (κ3) is 4.15. The Labute approximate surface area is 174 Å². The van der Waals surface area contributed by atoms with Gasteiger partial charge >= 0.3 is 0 Å². The first-order valence-electron chi connectivity index (χ1n) is 9.61. The molecule has 0 aliphatic carbocycles. The number of hydrogen-bond acceptors (Lipinski definition) is 7. The molecule has 0 saturated carbocycles. The van der Waals surface area contributed by atoms with Crippen molar-refractivity contribution in [2.75, 3.05) is 12.4 Å². The Kier molecular flexibility index (Phi) is 5.44. The molecule has 0 unspecified atom stereocenters. The molecule has 0 fully saturated rings. The number of rotatable bonds is 6. The standard InChI is InChI=1S/C22H20N8/c1-3-17-8-5-9-18(25-17)13-30-14-21(28-29-30)20-11-19(26-22(24-2)27-20)16-7-4-6-15(10-16)12-23/h4-11,14H,3,13H2,1-2H3,(H,24,26,27). The zero-order valence-electron chi connectivity index (χ0n) is 16.7. The molecule has 0 atom stereocenters. The van der Waals surface area contributed by atoms with Gasteiger partial charge in [0.2, 0.25) is 5.95 Å². The molecule has 0 saturated heterocycles. The minimum absolute atomic E-state index is 0.469. The maximum absolute atomic E-state index is 9.18. The molecule has 0 bridgehead atoms. The Hall–Kier alpha value is -4.12. The van der Waals surface area contributed by atoms with Gasteiger partial charge in [0, 0.05) is 18.3 Å². The van der Waals surface area contributed by atoms with Crippen molar-refractivity contribution >= 4 is 5.95 Å². The van der Waals surface area contributed by atoms with Crippen LogP contribution in [0.5, 0.6) is 0 Å². The molecule has 4 rings (SSSR count). The van der Waals surface area contributed by atoms with Crippen molar-refractivity contribution in [1.82, 2.24) is 29.9 Å². The first-order valence-corrected chi connectivity index (χ1v) is 9.61. The van der Waals surface area contributed by atoms with Gasteiger partial charge in [0.25, 0.3) is 0 Å². The first-order chi connectivity index (χ1) is 14.7. The second-order valence-corrected chi connectivity index (χ2v) is 6.68. The number of aromatic nitrogens is 6. The van der Waals surface area contributed by atoms with Crippen molar-refractivity contribution in [2.45, 2.75) is 19.9 Å². The van der Waals surface area contributed by atoms with Crippen molar-refractivity contribution in [1.29, 1.82) is 5.26 Å². The fraction of sp³-hybridized carbons (Fsp3) is 0.182. The zero-order chi connectivity index (χ0) is 20.9. The lowest BCUT2D eigenvalue weighted by Gasteiger charge is -2.07. The number of nitriles is 1. The SMILES string of the molecule is CCc1cccc(Cn2cc(-c3cc(-c4cccc(C#N)c4)nc(NC)n3)nn2)n1. The first kappa shape index (κ1) is 19.2. The van der Waals surface area contributed by atoms with Crippen molar-refractivity contribution < 1.29 is 0 Å².